The van der Waals surface area contributed by atoms with Gasteiger partial charge in [0.25, 0.3) is 0 Å². The first-order valence-corrected chi connectivity index (χ1v) is 4.66. The first-order chi connectivity index (χ1) is 5.41. The van der Waals surface area contributed by atoms with E-state index in [0.717, 1.165) is 12.8 Å². The Balaban J connectivity index is 2.63. The molecule has 0 bridgehead atoms. The second-order valence-electron chi connectivity index (χ2n) is 4.56. The molecule has 0 spiro atoms. The Hall–Kier alpha value is -0.370. The maximum absolute atomic E-state index is 11.5. The molecule has 0 aromatic rings. The fourth-order valence-electron chi connectivity index (χ4n) is 1.95. The van der Waals surface area contributed by atoms with E-state index >= 15 is 0 Å². The number of ketones is 1. The molecule has 12 heavy (non-hydrogen) atoms. The third-order valence-corrected chi connectivity index (χ3v) is 2.74. The molecular weight excluding hydrogens is 152 g/mol. The fraction of sp³-hybridized carbons (Fsp3) is 0.900. The van der Waals surface area contributed by atoms with Crippen molar-refractivity contribution in [2.45, 2.75) is 45.6 Å². The van der Waals surface area contributed by atoms with Gasteiger partial charge in [-0.05, 0) is 32.6 Å². The molecule has 1 aliphatic rings. The summed E-state index contributed by atoms with van der Waals surface area (Å²) in [7, 11) is 0. The van der Waals surface area contributed by atoms with Crippen molar-refractivity contribution >= 4 is 5.78 Å². The summed E-state index contributed by atoms with van der Waals surface area (Å²) in [6.07, 6.45) is 2.57. The van der Waals surface area contributed by atoms with Crippen LogP contribution in [-0.2, 0) is 4.79 Å². The largest absolute Gasteiger partial charge is 0.390 e. The average molecular weight is 170 g/mol. The summed E-state index contributed by atoms with van der Waals surface area (Å²) < 4.78 is 0. The minimum atomic E-state index is -0.822. The monoisotopic (exact) mass is 170 g/mol. The minimum Gasteiger partial charge on any atom is -0.390 e. The fourth-order valence-corrected chi connectivity index (χ4v) is 1.95. The molecule has 1 fully saturated rings. The van der Waals surface area contributed by atoms with Gasteiger partial charge >= 0.3 is 0 Å². The number of rotatable bonds is 1. The van der Waals surface area contributed by atoms with Crippen LogP contribution >= 0.6 is 0 Å². The molecule has 0 radical (unpaired) electrons. The van der Waals surface area contributed by atoms with Gasteiger partial charge in [0.15, 0.2) is 0 Å². The van der Waals surface area contributed by atoms with Gasteiger partial charge in [-0.25, -0.2) is 0 Å². The second kappa shape index (κ2) is 3.17. The lowest BCUT2D eigenvalue weighted by atomic mass is 9.74. The Morgan fingerprint density at radius 3 is 2.42 bits per heavy atom. The maximum atomic E-state index is 11.5. The number of aliphatic hydroxyl groups is 1. The molecule has 0 heterocycles. The molecule has 1 aliphatic carbocycles. The summed E-state index contributed by atoms with van der Waals surface area (Å²) in [6.45, 7) is 5.55. The number of Topliss-reactive ketones (excluding diaryl/α,β-unsaturated/α-hetero) is 1. The Bertz CT molecular complexity index is 179. The van der Waals surface area contributed by atoms with Crippen LogP contribution in [-0.4, -0.2) is 16.5 Å². The van der Waals surface area contributed by atoms with Crippen molar-refractivity contribution in [3.63, 3.8) is 0 Å². The molecule has 0 aromatic carbocycles. The van der Waals surface area contributed by atoms with Gasteiger partial charge in [0.2, 0.25) is 0 Å². The van der Waals surface area contributed by atoms with Gasteiger partial charge < -0.3 is 5.11 Å². The molecule has 0 aliphatic heterocycles. The number of carbonyl (C=O) groups is 1. The van der Waals surface area contributed by atoms with E-state index in [-0.39, 0.29) is 11.7 Å². The highest BCUT2D eigenvalue weighted by molar-refractivity contribution is 5.82. The smallest absolute Gasteiger partial charge is 0.139 e. The number of hydrogen-bond donors (Lipinski definition) is 1. The van der Waals surface area contributed by atoms with E-state index in [2.05, 4.69) is 6.92 Å². The average Bonchev–Trinajstić information content (AvgIpc) is 1.83. The molecule has 0 saturated heterocycles. The molecule has 1 N–H and O–H groups in total. The predicted molar refractivity (Wildman–Crippen MR) is 47.8 cm³/mol. The lowest BCUT2D eigenvalue weighted by molar-refractivity contribution is -0.134. The zero-order valence-corrected chi connectivity index (χ0v) is 8.13. The standard InChI is InChI=1S/C10H18O2/c1-7-4-5-8(9(11)6-7)10(2,3)12/h7-8,12H,4-6H2,1-3H3/t7-,8-/m0/s1. The van der Waals surface area contributed by atoms with E-state index < -0.39 is 5.60 Å². The molecule has 2 heteroatoms. The van der Waals surface area contributed by atoms with Crippen LogP contribution in [0.25, 0.3) is 0 Å². The predicted octanol–water partition coefficient (Wildman–Crippen LogP) is 1.76. The van der Waals surface area contributed by atoms with Gasteiger partial charge in [0.1, 0.15) is 5.78 Å². The third-order valence-electron chi connectivity index (χ3n) is 2.74. The minimum absolute atomic E-state index is 0.131. The van der Waals surface area contributed by atoms with Crippen molar-refractivity contribution in [2.75, 3.05) is 0 Å². The third kappa shape index (κ3) is 2.07. The first-order valence-electron chi connectivity index (χ1n) is 4.66. The van der Waals surface area contributed by atoms with E-state index in [1.165, 1.54) is 0 Å². The number of carbonyl (C=O) groups excluding carboxylic acids is 1. The molecule has 2 atom stereocenters. The zero-order valence-electron chi connectivity index (χ0n) is 8.13. The Morgan fingerprint density at radius 1 is 1.42 bits per heavy atom. The summed E-state index contributed by atoms with van der Waals surface area (Å²) in [6, 6.07) is 0. The van der Waals surface area contributed by atoms with E-state index in [9.17, 15) is 9.90 Å². The maximum Gasteiger partial charge on any atom is 0.139 e. The van der Waals surface area contributed by atoms with Crippen molar-refractivity contribution in [2.24, 2.45) is 11.8 Å². The highest BCUT2D eigenvalue weighted by atomic mass is 16.3. The van der Waals surface area contributed by atoms with Gasteiger partial charge in [-0.2, -0.15) is 0 Å². The van der Waals surface area contributed by atoms with Crippen LogP contribution in [0.5, 0.6) is 0 Å². The quantitative estimate of drug-likeness (QED) is 0.651. The van der Waals surface area contributed by atoms with E-state index in [0.29, 0.717) is 12.3 Å². The van der Waals surface area contributed by atoms with Crippen LogP contribution in [0.3, 0.4) is 0 Å². The zero-order chi connectivity index (χ0) is 9.35. The molecular formula is C10H18O2. The van der Waals surface area contributed by atoms with Gasteiger partial charge in [-0.15, -0.1) is 0 Å². The van der Waals surface area contributed by atoms with Gasteiger partial charge in [0.05, 0.1) is 5.60 Å². The summed E-state index contributed by atoms with van der Waals surface area (Å²) in [4.78, 5) is 11.5. The molecule has 70 valence electrons. The van der Waals surface area contributed by atoms with E-state index in [1.54, 1.807) is 13.8 Å². The van der Waals surface area contributed by atoms with Crippen LogP contribution in [0, 0.1) is 11.8 Å². The molecule has 0 unspecified atom stereocenters. The van der Waals surface area contributed by atoms with Gasteiger partial charge in [0, 0.05) is 12.3 Å². The van der Waals surface area contributed by atoms with Crippen molar-refractivity contribution in [3.05, 3.63) is 0 Å². The van der Waals surface area contributed by atoms with Crippen molar-refractivity contribution in [3.8, 4) is 0 Å². The van der Waals surface area contributed by atoms with Crippen LogP contribution in [0.2, 0.25) is 0 Å². The highest BCUT2D eigenvalue weighted by Crippen LogP contribution is 2.32. The summed E-state index contributed by atoms with van der Waals surface area (Å²) >= 11 is 0. The molecule has 2 nitrogen and oxygen atoms in total. The topological polar surface area (TPSA) is 37.3 Å². The van der Waals surface area contributed by atoms with Crippen LogP contribution < -0.4 is 0 Å². The van der Waals surface area contributed by atoms with Crippen molar-refractivity contribution < 1.29 is 9.90 Å². The molecule has 0 aromatic heterocycles. The lowest BCUT2D eigenvalue weighted by Crippen LogP contribution is -2.40. The van der Waals surface area contributed by atoms with Crippen LogP contribution in [0.15, 0.2) is 0 Å². The molecule has 1 saturated carbocycles. The van der Waals surface area contributed by atoms with Gasteiger partial charge in [-0.1, -0.05) is 6.92 Å². The van der Waals surface area contributed by atoms with E-state index in [1.807, 2.05) is 0 Å². The summed E-state index contributed by atoms with van der Waals surface area (Å²) in [5.41, 5.74) is -0.822. The number of hydrogen-bond acceptors (Lipinski definition) is 2. The molecule has 1 rings (SSSR count). The first kappa shape index (κ1) is 9.72. The summed E-state index contributed by atoms with van der Waals surface area (Å²) in [5, 5.41) is 9.68. The van der Waals surface area contributed by atoms with Crippen LogP contribution in [0.1, 0.15) is 40.0 Å². The van der Waals surface area contributed by atoms with Gasteiger partial charge in [-0.3, -0.25) is 4.79 Å². The van der Waals surface area contributed by atoms with Crippen molar-refractivity contribution in [1.29, 1.82) is 0 Å². The SMILES string of the molecule is C[C@H]1CC[C@H](C(C)(C)O)C(=O)C1. The Morgan fingerprint density at radius 2 is 2.00 bits per heavy atom. The Kier molecular flexibility index (Phi) is 2.57. The molecule has 0 amide bonds. The van der Waals surface area contributed by atoms with Crippen LogP contribution in [0.4, 0.5) is 0 Å². The van der Waals surface area contributed by atoms with Crippen molar-refractivity contribution in [1.82, 2.24) is 0 Å². The second-order valence-corrected chi connectivity index (χ2v) is 4.56. The lowest BCUT2D eigenvalue weighted by Gasteiger charge is -2.33. The Labute approximate surface area is 74.0 Å². The van der Waals surface area contributed by atoms with E-state index in [4.69, 9.17) is 0 Å². The highest BCUT2D eigenvalue weighted by Gasteiger charge is 2.36. The summed E-state index contributed by atoms with van der Waals surface area (Å²) in [5.74, 6) is 0.617. The normalized spacial score (nSPS) is 32.2.